The van der Waals surface area contributed by atoms with E-state index in [9.17, 15) is 5.11 Å². The van der Waals surface area contributed by atoms with Crippen LogP contribution in [0.25, 0.3) is 0 Å². The second kappa shape index (κ2) is 8.83. The molecule has 2 rings (SSSR count). The van der Waals surface area contributed by atoms with Gasteiger partial charge in [-0.2, -0.15) is 0 Å². The molecule has 0 aromatic heterocycles. The second-order valence-electron chi connectivity index (χ2n) is 5.52. The molecule has 0 spiro atoms. The van der Waals surface area contributed by atoms with Crippen molar-refractivity contribution >= 4 is 29.2 Å². The van der Waals surface area contributed by atoms with Gasteiger partial charge in [0.25, 0.3) is 0 Å². The van der Waals surface area contributed by atoms with E-state index in [1.54, 1.807) is 18.2 Å². The number of methoxy groups -OCH3 is 1. The zero-order valence-electron chi connectivity index (χ0n) is 14.1. The quantitative estimate of drug-likeness (QED) is 0.523. The molecule has 7 heteroatoms. The number of hydrogen-bond acceptors (Lipinski definition) is 3. The number of phenolic OH excluding ortho intramolecular Hbond substituents is 1. The Hall–Kier alpha value is -2.11. The van der Waals surface area contributed by atoms with Crippen LogP contribution in [-0.4, -0.2) is 24.7 Å². The van der Waals surface area contributed by atoms with Crippen LogP contribution in [0.2, 0.25) is 10.0 Å². The third-order valence-corrected chi connectivity index (χ3v) is 4.32. The molecule has 0 saturated heterocycles. The van der Waals surface area contributed by atoms with E-state index >= 15 is 0 Å². The van der Waals surface area contributed by atoms with E-state index in [2.05, 4.69) is 10.3 Å². The number of nitrogens with two attached hydrogens (primary N) is 1. The summed E-state index contributed by atoms with van der Waals surface area (Å²) in [4.78, 5) is 4.29. The maximum absolute atomic E-state index is 10.1. The summed E-state index contributed by atoms with van der Waals surface area (Å²) >= 11 is 12.1. The molecular formula is C18H21Cl2N3O2. The Morgan fingerprint density at radius 1 is 1.32 bits per heavy atom. The highest BCUT2D eigenvalue weighted by Gasteiger charge is 2.11. The fourth-order valence-corrected chi connectivity index (χ4v) is 3.00. The molecule has 2 aromatic rings. The number of ether oxygens (including phenoxy) is 1. The van der Waals surface area contributed by atoms with Crippen LogP contribution in [0.1, 0.15) is 24.1 Å². The predicted molar refractivity (Wildman–Crippen MR) is 103 cm³/mol. The van der Waals surface area contributed by atoms with Gasteiger partial charge < -0.3 is 20.9 Å². The summed E-state index contributed by atoms with van der Waals surface area (Å²) in [5, 5.41) is 14.3. The first kappa shape index (κ1) is 19.2. The van der Waals surface area contributed by atoms with Gasteiger partial charge in [0.2, 0.25) is 0 Å². The minimum absolute atomic E-state index is 0.112. The number of guanidine groups is 1. The third kappa shape index (κ3) is 5.18. The van der Waals surface area contributed by atoms with E-state index in [0.29, 0.717) is 34.7 Å². The Bertz CT molecular complexity index is 766. The molecule has 5 nitrogen and oxygen atoms in total. The molecular weight excluding hydrogens is 361 g/mol. The minimum Gasteiger partial charge on any atom is -0.504 e. The average molecular weight is 382 g/mol. The molecule has 0 bridgehead atoms. The molecule has 4 N–H and O–H groups in total. The van der Waals surface area contributed by atoms with Gasteiger partial charge in [0.05, 0.1) is 13.2 Å². The van der Waals surface area contributed by atoms with Crippen molar-refractivity contribution in [2.75, 3.05) is 13.7 Å². The Balaban J connectivity index is 1.95. The van der Waals surface area contributed by atoms with Gasteiger partial charge >= 0.3 is 0 Å². The first-order valence-electron chi connectivity index (χ1n) is 7.78. The molecule has 1 unspecified atom stereocenters. The molecule has 1 atom stereocenters. The zero-order chi connectivity index (χ0) is 18.4. The standard InChI is InChI=1S/C18H21Cl2N3O2/c1-11(14-7-6-13(19)10-15(14)20)23-18(21)22-9-8-12-4-3-5-16(25-2)17(12)24/h3-7,10-11,24H,8-9H2,1-2H3,(H3,21,22,23). The third-order valence-electron chi connectivity index (χ3n) is 3.76. The maximum atomic E-state index is 10.1. The van der Waals surface area contributed by atoms with Crippen LogP contribution >= 0.6 is 23.2 Å². The highest BCUT2D eigenvalue weighted by molar-refractivity contribution is 6.35. The highest BCUT2D eigenvalue weighted by atomic mass is 35.5. The molecule has 0 aliphatic rings. The molecule has 0 fully saturated rings. The first-order valence-corrected chi connectivity index (χ1v) is 8.54. The molecule has 2 aromatic carbocycles. The van der Waals surface area contributed by atoms with Gasteiger partial charge in [0, 0.05) is 16.6 Å². The number of para-hydroxylation sites is 1. The summed E-state index contributed by atoms with van der Waals surface area (Å²) in [6, 6.07) is 10.6. The highest BCUT2D eigenvalue weighted by Crippen LogP contribution is 2.29. The van der Waals surface area contributed by atoms with Crippen LogP contribution in [0.4, 0.5) is 0 Å². The summed E-state index contributed by atoms with van der Waals surface area (Å²) in [5.41, 5.74) is 7.57. The minimum atomic E-state index is -0.112. The largest absolute Gasteiger partial charge is 0.504 e. The van der Waals surface area contributed by atoms with E-state index in [1.807, 2.05) is 25.1 Å². The Labute approximate surface area is 157 Å². The van der Waals surface area contributed by atoms with Crippen molar-refractivity contribution in [1.29, 1.82) is 0 Å². The zero-order valence-corrected chi connectivity index (χ0v) is 15.6. The summed E-state index contributed by atoms with van der Waals surface area (Å²) in [6.07, 6.45) is 0.543. The van der Waals surface area contributed by atoms with Gasteiger partial charge in [0.1, 0.15) is 0 Å². The lowest BCUT2D eigenvalue weighted by molar-refractivity contribution is 0.370. The van der Waals surface area contributed by atoms with Crippen molar-refractivity contribution in [2.24, 2.45) is 10.7 Å². The topological polar surface area (TPSA) is 79.9 Å². The molecule has 25 heavy (non-hydrogen) atoms. The summed E-state index contributed by atoms with van der Waals surface area (Å²) in [7, 11) is 1.52. The molecule has 0 radical (unpaired) electrons. The normalized spacial score (nSPS) is 12.7. The van der Waals surface area contributed by atoms with Crippen molar-refractivity contribution in [3.8, 4) is 11.5 Å². The van der Waals surface area contributed by atoms with Gasteiger partial charge in [-0.3, -0.25) is 4.99 Å². The van der Waals surface area contributed by atoms with Gasteiger partial charge in [-0.1, -0.05) is 41.4 Å². The molecule has 134 valence electrons. The van der Waals surface area contributed by atoms with E-state index in [-0.39, 0.29) is 11.8 Å². The lowest BCUT2D eigenvalue weighted by atomic mass is 10.1. The Kier molecular flexibility index (Phi) is 6.79. The molecule has 0 heterocycles. The number of phenols is 1. The lowest BCUT2D eigenvalue weighted by Gasteiger charge is -2.16. The number of aliphatic imine (C=N–C) groups is 1. The Morgan fingerprint density at radius 2 is 2.08 bits per heavy atom. The van der Waals surface area contributed by atoms with E-state index in [4.69, 9.17) is 33.7 Å². The fraction of sp³-hybridized carbons (Fsp3) is 0.278. The second-order valence-corrected chi connectivity index (χ2v) is 6.36. The number of benzene rings is 2. The van der Waals surface area contributed by atoms with Crippen LogP contribution in [0.3, 0.4) is 0 Å². The van der Waals surface area contributed by atoms with Crippen LogP contribution < -0.4 is 15.8 Å². The van der Waals surface area contributed by atoms with Crippen LogP contribution in [0.15, 0.2) is 41.4 Å². The van der Waals surface area contributed by atoms with Gasteiger partial charge in [0.15, 0.2) is 17.5 Å². The molecule has 0 aliphatic heterocycles. The number of nitrogens with one attached hydrogen (secondary N) is 1. The number of halogens is 2. The summed E-state index contributed by atoms with van der Waals surface area (Å²) in [6.45, 7) is 2.37. The lowest BCUT2D eigenvalue weighted by Crippen LogP contribution is -2.34. The summed E-state index contributed by atoms with van der Waals surface area (Å²) < 4.78 is 5.09. The number of aromatic hydroxyl groups is 1. The van der Waals surface area contributed by atoms with Gasteiger partial charge in [-0.15, -0.1) is 0 Å². The monoisotopic (exact) mass is 381 g/mol. The molecule has 0 amide bonds. The molecule has 0 saturated carbocycles. The fourth-order valence-electron chi connectivity index (χ4n) is 2.43. The predicted octanol–water partition coefficient (Wildman–Crippen LogP) is 3.92. The smallest absolute Gasteiger partial charge is 0.189 e. The van der Waals surface area contributed by atoms with Crippen LogP contribution in [0.5, 0.6) is 11.5 Å². The van der Waals surface area contributed by atoms with Gasteiger partial charge in [-0.05, 0) is 42.7 Å². The van der Waals surface area contributed by atoms with Crippen molar-refractivity contribution in [3.63, 3.8) is 0 Å². The van der Waals surface area contributed by atoms with Crippen molar-refractivity contribution in [2.45, 2.75) is 19.4 Å². The van der Waals surface area contributed by atoms with E-state index in [1.165, 1.54) is 7.11 Å². The van der Waals surface area contributed by atoms with Crippen LogP contribution in [-0.2, 0) is 6.42 Å². The SMILES string of the molecule is COc1cccc(CCN=C(N)NC(C)c2ccc(Cl)cc2Cl)c1O. The number of hydrogen-bond donors (Lipinski definition) is 3. The Morgan fingerprint density at radius 3 is 2.76 bits per heavy atom. The van der Waals surface area contributed by atoms with Crippen molar-refractivity contribution < 1.29 is 9.84 Å². The van der Waals surface area contributed by atoms with Crippen LogP contribution in [0, 0.1) is 0 Å². The number of rotatable bonds is 6. The maximum Gasteiger partial charge on any atom is 0.189 e. The average Bonchev–Trinajstić information content (AvgIpc) is 2.56. The van der Waals surface area contributed by atoms with E-state index in [0.717, 1.165) is 11.1 Å². The van der Waals surface area contributed by atoms with E-state index < -0.39 is 0 Å². The first-order chi connectivity index (χ1) is 11.9. The van der Waals surface area contributed by atoms with Gasteiger partial charge in [-0.25, -0.2) is 0 Å². The number of nitrogens with zero attached hydrogens (tertiary/aromatic N) is 1. The van der Waals surface area contributed by atoms with Crippen molar-refractivity contribution in [1.82, 2.24) is 5.32 Å². The van der Waals surface area contributed by atoms with Crippen molar-refractivity contribution in [3.05, 3.63) is 57.6 Å². The molecule has 0 aliphatic carbocycles. The summed E-state index contributed by atoms with van der Waals surface area (Å²) in [5.74, 6) is 0.882.